The van der Waals surface area contributed by atoms with Gasteiger partial charge in [-0.15, -0.1) is 11.3 Å². The summed E-state index contributed by atoms with van der Waals surface area (Å²) in [7, 11) is 0. The summed E-state index contributed by atoms with van der Waals surface area (Å²) in [6.07, 6.45) is 0. The lowest BCUT2D eigenvalue weighted by Gasteiger charge is -2.48. The molecule has 0 amide bonds. The molecule has 0 aliphatic heterocycles. The van der Waals surface area contributed by atoms with Gasteiger partial charge in [-0.1, -0.05) is 88.4 Å². The van der Waals surface area contributed by atoms with Crippen molar-refractivity contribution in [3.8, 4) is 11.1 Å². The van der Waals surface area contributed by atoms with Crippen molar-refractivity contribution in [2.75, 3.05) is 4.90 Å². The molecule has 0 bridgehead atoms. The predicted molar refractivity (Wildman–Crippen MR) is 193 cm³/mol. The molecule has 1 aliphatic rings. The summed E-state index contributed by atoms with van der Waals surface area (Å²) in [6, 6.07) is 46.5. The normalized spacial score (nSPS) is 15.0. The molecule has 218 valence electrons. The van der Waals surface area contributed by atoms with E-state index < -0.39 is 0 Å². The van der Waals surface area contributed by atoms with Gasteiger partial charge < -0.3 is 9.32 Å². The molecule has 6 aromatic carbocycles. The molecule has 2 heterocycles. The summed E-state index contributed by atoms with van der Waals surface area (Å²) >= 11 is 1.85. The number of nitrogens with zero attached hydrogens (tertiary/aromatic N) is 1. The van der Waals surface area contributed by atoms with Gasteiger partial charge in [0.25, 0.3) is 0 Å². The third kappa shape index (κ3) is 3.74. The highest BCUT2D eigenvalue weighted by Crippen LogP contribution is 2.55. The van der Waals surface area contributed by atoms with Gasteiger partial charge >= 0.3 is 0 Å². The number of hydrogen-bond acceptors (Lipinski definition) is 3. The molecule has 0 spiro atoms. The molecule has 0 radical (unpaired) electrons. The van der Waals surface area contributed by atoms with Crippen molar-refractivity contribution in [1.29, 1.82) is 0 Å². The number of thiophene rings is 1. The fourth-order valence-corrected chi connectivity index (χ4v) is 8.59. The predicted octanol–water partition coefficient (Wildman–Crippen LogP) is 12.7. The number of benzene rings is 6. The van der Waals surface area contributed by atoms with Crippen molar-refractivity contribution in [3.63, 3.8) is 0 Å². The molecule has 1 aliphatic carbocycles. The lowest BCUT2D eigenvalue weighted by atomic mass is 9.55. The zero-order valence-corrected chi connectivity index (χ0v) is 26.7. The Balaban J connectivity index is 1.27. The zero-order chi connectivity index (χ0) is 30.5. The quantitative estimate of drug-likeness (QED) is 0.201. The highest BCUT2D eigenvalue weighted by Gasteiger charge is 2.46. The monoisotopic (exact) mass is 599 g/mol. The summed E-state index contributed by atoms with van der Waals surface area (Å²) in [4.78, 5) is 2.36. The lowest BCUT2D eigenvalue weighted by molar-refractivity contribution is 0.299. The summed E-state index contributed by atoms with van der Waals surface area (Å²) in [5.74, 6) is 0. The van der Waals surface area contributed by atoms with E-state index >= 15 is 0 Å². The van der Waals surface area contributed by atoms with E-state index in [0.29, 0.717) is 0 Å². The second-order valence-corrected chi connectivity index (χ2v) is 14.5. The molecule has 3 heteroatoms. The van der Waals surface area contributed by atoms with Crippen LogP contribution >= 0.6 is 11.3 Å². The Kier molecular flexibility index (Phi) is 5.50. The van der Waals surface area contributed by atoms with E-state index in [2.05, 4.69) is 160 Å². The van der Waals surface area contributed by atoms with Crippen molar-refractivity contribution in [3.05, 3.63) is 139 Å². The molecule has 0 atom stereocenters. The molecular weight excluding hydrogens is 567 g/mol. The van der Waals surface area contributed by atoms with Crippen LogP contribution in [0.2, 0.25) is 0 Å². The first-order valence-corrected chi connectivity index (χ1v) is 16.5. The zero-order valence-electron chi connectivity index (χ0n) is 25.9. The van der Waals surface area contributed by atoms with Crippen LogP contribution in [0.15, 0.2) is 132 Å². The minimum Gasteiger partial charge on any atom is -0.456 e. The Morgan fingerprint density at radius 1 is 0.467 bits per heavy atom. The highest BCUT2D eigenvalue weighted by molar-refractivity contribution is 7.25. The topological polar surface area (TPSA) is 16.4 Å². The molecule has 45 heavy (non-hydrogen) atoms. The summed E-state index contributed by atoms with van der Waals surface area (Å²) in [6.45, 7) is 9.50. The average molecular weight is 600 g/mol. The first-order chi connectivity index (χ1) is 21.8. The van der Waals surface area contributed by atoms with Crippen molar-refractivity contribution >= 4 is 70.5 Å². The number of hydrogen-bond donors (Lipinski definition) is 0. The molecule has 2 aromatic heterocycles. The summed E-state index contributed by atoms with van der Waals surface area (Å²) in [5.41, 5.74) is 10.5. The van der Waals surface area contributed by atoms with Gasteiger partial charge in [-0.3, -0.25) is 0 Å². The molecular formula is C42H33NOS. The minimum absolute atomic E-state index is 0.0193. The van der Waals surface area contributed by atoms with Crippen LogP contribution in [0.5, 0.6) is 0 Å². The number of furan rings is 1. The Hall–Kier alpha value is -4.86. The lowest BCUT2D eigenvalue weighted by Crippen LogP contribution is -2.43. The third-order valence-corrected chi connectivity index (χ3v) is 11.8. The van der Waals surface area contributed by atoms with E-state index in [-0.39, 0.29) is 10.8 Å². The molecule has 2 nitrogen and oxygen atoms in total. The van der Waals surface area contributed by atoms with Crippen LogP contribution in [0.25, 0.3) is 53.2 Å². The van der Waals surface area contributed by atoms with Gasteiger partial charge in [0, 0.05) is 48.0 Å². The van der Waals surface area contributed by atoms with E-state index in [1.54, 1.807) is 0 Å². The molecule has 9 rings (SSSR count). The summed E-state index contributed by atoms with van der Waals surface area (Å²) in [5, 5.41) is 4.89. The van der Waals surface area contributed by atoms with Crippen LogP contribution in [0.4, 0.5) is 17.1 Å². The van der Waals surface area contributed by atoms with Gasteiger partial charge in [0.15, 0.2) is 0 Å². The average Bonchev–Trinajstić information content (AvgIpc) is 3.61. The number of anilines is 3. The van der Waals surface area contributed by atoms with Gasteiger partial charge in [0.1, 0.15) is 11.2 Å². The smallest absolute Gasteiger partial charge is 0.135 e. The molecule has 0 unspecified atom stereocenters. The van der Waals surface area contributed by atoms with E-state index in [1.165, 1.54) is 42.4 Å². The third-order valence-electron chi connectivity index (χ3n) is 10.6. The molecule has 0 saturated carbocycles. The first kappa shape index (κ1) is 26.5. The maximum atomic E-state index is 6.59. The Labute approximate surface area is 267 Å². The van der Waals surface area contributed by atoms with E-state index in [4.69, 9.17) is 4.42 Å². The van der Waals surface area contributed by atoms with Crippen LogP contribution in [-0.2, 0) is 10.8 Å². The maximum absolute atomic E-state index is 6.59. The molecule has 0 N–H and O–H groups in total. The van der Waals surface area contributed by atoms with Crippen LogP contribution in [0, 0.1) is 0 Å². The van der Waals surface area contributed by atoms with Crippen molar-refractivity contribution in [2.45, 2.75) is 38.5 Å². The van der Waals surface area contributed by atoms with Gasteiger partial charge in [0.2, 0.25) is 0 Å². The molecule has 0 fully saturated rings. The Bertz CT molecular complexity index is 2440. The van der Waals surface area contributed by atoms with Crippen LogP contribution in [0.1, 0.15) is 38.8 Å². The molecule has 8 aromatic rings. The number of para-hydroxylation sites is 1. The second kappa shape index (κ2) is 9.32. The number of fused-ring (bicyclic) bond motifs is 9. The van der Waals surface area contributed by atoms with Crippen molar-refractivity contribution in [2.24, 2.45) is 0 Å². The van der Waals surface area contributed by atoms with Gasteiger partial charge in [-0.25, -0.2) is 0 Å². The van der Waals surface area contributed by atoms with Crippen LogP contribution in [0.3, 0.4) is 0 Å². The van der Waals surface area contributed by atoms with E-state index in [9.17, 15) is 0 Å². The van der Waals surface area contributed by atoms with Crippen molar-refractivity contribution in [1.82, 2.24) is 0 Å². The Morgan fingerprint density at radius 3 is 1.96 bits per heavy atom. The van der Waals surface area contributed by atoms with Gasteiger partial charge in [0.05, 0.1) is 0 Å². The first-order valence-electron chi connectivity index (χ1n) is 15.7. The standard InChI is InChI=1S/C42H33NOS/c1-41(2)35-16-10-8-14-29(35)31-24-33-32-22-27(18-20-37(32)44-38(33)25-36(31)42(41,3)4)43(26-12-6-5-7-13-26)28-19-21-40-34(23-28)30-15-9-11-17-39(30)45-40/h5-25H,1-4H3. The fourth-order valence-electron chi connectivity index (χ4n) is 7.50. The largest absolute Gasteiger partial charge is 0.456 e. The minimum atomic E-state index is -0.0659. The fraction of sp³-hybridized carbons (Fsp3) is 0.143. The van der Waals surface area contributed by atoms with E-state index in [1.807, 2.05) is 11.3 Å². The van der Waals surface area contributed by atoms with E-state index in [0.717, 1.165) is 39.0 Å². The van der Waals surface area contributed by atoms with Crippen molar-refractivity contribution < 1.29 is 4.42 Å². The molecule has 0 saturated heterocycles. The highest BCUT2D eigenvalue weighted by atomic mass is 32.1. The Morgan fingerprint density at radius 2 is 1.11 bits per heavy atom. The SMILES string of the molecule is CC1(C)c2ccccc2-c2cc3c(cc2C1(C)C)oc1ccc(N(c2ccccc2)c2ccc4sc5ccccc5c4c2)cc13. The van der Waals surface area contributed by atoms with Gasteiger partial charge in [-0.2, -0.15) is 0 Å². The summed E-state index contributed by atoms with van der Waals surface area (Å²) < 4.78 is 9.22. The van der Waals surface area contributed by atoms with Crippen LogP contribution in [-0.4, -0.2) is 0 Å². The number of rotatable bonds is 3. The maximum Gasteiger partial charge on any atom is 0.135 e. The second-order valence-electron chi connectivity index (χ2n) is 13.4. The van der Waals surface area contributed by atoms with Crippen LogP contribution < -0.4 is 4.90 Å². The van der Waals surface area contributed by atoms with Gasteiger partial charge in [-0.05, 0) is 99.8 Å².